The average molecular weight is 281 g/mol. The molecule has 0 bridgehead atoms. The van der Waals surface area contributed by atoms with E-state index >= 15 is 0 Å². The van der Waals surface area contributed by atoms with Crippen LogP contribution in [0, 0.1) is 11.7 Å². The first-order valence-corrected chi connectivity index (χ1v) is 6.98. The Bertz CT molecular complexity index is 464. The zero-order chi connectivity index (χ0) is 14.4. The number of carbonyl (C=O) groups excluding carboxylic acids is 1. The zero-order valence-electron chi connectivity index (χ0n) is 11.6. The van der Waals surface area contributed by atoms with Crippen molar-refractivity contribution < 1.29 is 9.18 Å². The standard InChI is InChI=1S/C13H20FN5O/c1-2-5-17-13-18-8-10(14)11(19-13)15-6-7-16-12(20)9-3-4-9/h8-9H,2-7H2,1H3,(H,16,20)(H2,15,17,18,19). The van der Waals surface area contributed by atoms with E-state index in [1.165, 1.54) is 0 Å². The first kappa shape index (κ1) is 14.5. The van der Waals surface area contributed by atoms with E-state index in [2.05, 4.69) is 25.9 Å². The van der Waals surface area contributed by atoms with Gasteiger partial charge in [0.1, 0.15) is 0 Å². The van der Waals surface area contributed by atoms with Gasteiger partial charge in [-0.1, -0.05) is 6.92 Å². The fraction of sp³-hybridized carbons (Fsp3) is 0.615. The monoisotopic (exact) mass is 281 g/mol. The molecule has 1 aromatic rings. The van der Waals surface area contributed by atoms with E-state index in [-0.39, 0.29) is 17.6 Å². The molecule has 1 aliphatic rings. The van der Waals surface area contributed by atoms with Gasteiger partial charge in [0.05, 0.1) is 6.20 Å². The molecule has 1 heterocycles. The fourth-order valence-corrected chi connectivity index (χ4v) is 1.67. The lowest BCUT2D eigenvalue weighted by molar-refractivity contribution is -0.122. The van der Waals surface area contributed by atoms with Crippen LogP contribution in [0.3, 0.4) is 0 Å². The number of nitrogens with zero attached hydrogens (tertiary/aromatic N) is 2. The summed E-state index contributed by atoms with van der Waals surface area (Å²) < 4.78 is 13.5. The molecule has 7 heteroatoms. The minimum absolute atomic E-state index is 0.0836. The van der Waals surface area contributed by atoms with Crippen molar-refractivity contribution in [2.45, 2.75) is 26.2 Å². The van der Waals surface area contributed by atoms with E-state index in [1.807, 2.05) is 6.92 Å². The van der Waals surface area contributed by atoms with E-state index in [9.17, 15) is 9.18 Å². The summed E-state index contributed by atoms with van der Waals surface area (Å²) in [6.07, 6.45) is 4.03. The topological polar surface area (TPSA) is 78.9 Å². The molecule has 0 saturated heterocycles. The maximum Gasteiger partial charge on any atom is 0.224 e. The van der Waals surface area contributed by atoms with Crippen molar-refractivity contribution in [2.24, 2.45) is 5.92 Å². The Balaban J connectivity index is 1.76. The van der Waals surface area contributed by atoms with Gasteiger partial charge >= 0.3 is 0 Å². The molecule has 3 N–H and O–H groups in total. The number of aromatic nitrogens is 2. The molecule has 110 valence electrons. The normalized spacial score (nSPS) is 13.9. The molecule has 1 aliphatic carbocycles. The largest absolute Gasteiger partial charge is 0.366 e. The third-order valence-electron chi connectivity index (χ3n) is 2.94. The number of hydrogen-bond acceptors (Lipinski definition) is 5. The summed E-state index contributed by atoms with van der Waals surface area (Å²) in [4.78, 5) is 19.3. The molecule has 6 nitrogen and oxygen atoms in total. The second kappa shape index (κ2) is 7.02. The van der Waals surface area contributed by atoms with Crippen LogP contribution in [0.15, 0.2) is 6.20 Å². The van der Waals surface area contributed by atoms with Gasteiger partial charge in [-0.15, -0.1) is 0 Å². The van der Waals surface area contributed by atoms with Crippen LogP contribution in [0.25, 0.3) is 0 Å². The van der Waals surface area contributed by atoms with Crippen molar-refractivity contribution in [2.75, 3.05) is 30.3 Å². The van der Waals surface area contributed by atoms with Crippen LogP contribution < -0.4 is 16.0 Å². The van der Waals surface area contributed by atoms with E-state index in [4.69, 9.17) is 0 Å². The fourth-order valence-electron chi connectivity index (χ4n) is 1.67. The number of nitrogens with one attached hydrogen (secondary N) is 3. The lowest BCUT2D eigenvalue weighted by Crippen LogP contribution is -2.30. The molecule has 20 heavy (non-hydrogen) atoms. The van der Waals surface area contributed by atoms with Gasteiger partial charge in [-0.05, 0) is 19.3 Å². The Morgan fingerprint density at radius 2 is 2.15 bits per heavy atom. The van der Waals surface area contributed by atoms with Gasteiger partial charge in [0.15, 0.2) is 11.6 Å². The Morgan fingerprint density at radius 1 is 1.35 bits per heavy atom. The molecule has 1 fully saturated rings. The van der Waals surface area contributed by atoms with Crippen molar-refractivity contribution >= 4 is 17.7 Å². The number of amides is 1. The van der Waals surface area contributed by atoms with E-state index in [0.717, 1.165) is 32.0 Å². The quantitative estimate of drug-likeness (QED) is 0.627. The number of anilines is 2. The highest BCUT2D eigenvalue weighted by Gasteiger charge is 2.28. The summed E-state index contributed by atoms with van der Waals surface area (Å²) in [5.41, 5.74) is 0. The molecule has 0 unspecified atom stereocenters. The third-order valence-corrected chi connectivity index (χ3v) is 2.94. The Morgan fingerprint density at radius 3 is 2.85 bits per heavy atom. The van der Waals surface area contributed by atoms with Gasteiger partial charge in [0.2, 0.25) is 11.9 Å². The van der Waals surface area contributed by atoms with Gasteiger partial charge < -0.3 is 16.0 Å². The SMILES string of the molecule is CCCNc1ncc(F)c(NCCNC(=O)C2CC2)n1. The van der Waals surface area contributed by atoms with Gasteiger partial charge in [0, 0.05) is 25.6 Å². The molecule has 0 atom stereocenters. The van der Waals surface area contributed by atoms with Crippen LogP contribution in [0.1, 0.15) is 26.2 Å². The Labute approximate surface area is 117 Å². The number of carbonyl (C=O) groups is 1. The minimum atomic E-state index is -0.499. The molecule has 1 saturated carbocycles. The summed E-state index contributed by atoms with van der Waals surface area (Å²) in [6.45, 7) is 3.65. The van der Waals surface area contributed by atoms with E-state index in [0.29, 0.717) is 19.0 Å². The first-order valence-electron chi connectivity index (χ1n) is 6.98. The highest BCUT2D eigenvalue weighted by molar-refractivity contribution is 5.80. The van der Waals surface area contributed by atoms with Gasteiger partial charge in [0.25, 0.3) is 0 Å². The maximum atomic E-state index is 13.5. The van der Waals surface area contributed by atoms with Gasteiger partial charge in [-0.2, -0.15) is 4.98 Å². The Kier molecular flexibility index (Phi) is 5.09. The second-order valence-electron chi connectivity index (χ2n) is 4.81. The molecule has 0 aliphatic heterocycles. The molecule has 2 rings (SSSR count). The molecular weight excluding hydrogens is 261 g/mol. The van der Waals surface area contributed by atoms with E-state index in [1.54, 1.807) is 0 Å². The number of rotatable bonds is 8. The number of hydrogen-bond donors (Lipinski definition) is 3. The molecule has 1 aromatic heterocycles. The predicted octanol–water partition coefficient (Wildman–Crippen LogP) is 1.38. The minimum Gasteiger partial charge on any atom is -0.366 e. The highest BCUT2D eigenvalue weighted by Crippen LogP contribution is 2.28. The van der Waals surface area contributed by atoms with Crippen molar-refractivity contribution in [3.63, 3.8) is 0 Å². The van der Waals surface area contributed by atoms with Crippen LogP contribution in [0.4, 0.5) is 16.2 Å². The van der Waals surface area contributed by atoms with Crippen molar-refractivity contribution in [3.05, 3.63) is 12.0 Å². The van der Waals surface area contributed by atoms with E-state index < -0.39 is 5.82 Å². The summed E-state index contributed by atoms with van der Waals surface area (Å²) in [6, 6.07) is 0. The zero-order valence-corrected chi connectivity index (χ0v) is 11.6. The lowest BCUT2D eigenvalue weighted by atomic mass is 10.4. The average Bonchev–Trinajstić information content (AvgIpc) is 3.28. The maximum absolute atomic E-state index is 13.5. The summed E-state index contributed by atoms with van der Waals surface area (Å²) in [5, 5.41) is 8.66. The van der Waals surface area contributed by atoms with Crippen LogP contribution in [-0.2, 0) is 4.79 Å². The Hall–Kier alpha value is -1.92. The van der Waals surface area contributed by atoms with Crippen molar-refractivity contribution in [1.29, 1.82) is 0 Å². The van der Waals surface area contributed by atoms with Crippen molar-refractivity contribution in [3.8, 4) is 0 Å². The summed E-state index contributed by atoms with van der Waals surface area (Å²) >= 11 is 0. The molecule has 0 radical (unpaired) electrons. The third kappa shape index (κ3) is 4.32. The van der Waals surface area contributed by atoms with Crippen molar-refractivity contribution in [1.82, 2.24) is 15.3 Å². The molecule has 1 amide bonds. The van der Waals surface area contributed by atoms with Crippen LogP contribution >= 0.6 is 0 Å². The number of halogens is 1. The van der Waals surface area contributed by atoms with Crippen LogP contribution in [0.5, 0.6) is 0 Å². The smallest absolute Gasteiger partial charge is 0.224 e. The molecular formula is C13H20FN5O. The predicted molar refractivity (Wildman–Crippen MR) is 75.0 cm³/mol. The lowest BCUT2D eigenvalue weighted by Gasteiger charge is -2.09. The highest BCUT2D eigenvalue weighted by atomic mass is 19.1. The van der Waals surface area contributed by atoms with Gasteiger partial charge in [-0.3, -0.25) is 4.79 Å². The molecule has 0 spiro atoms. The summed E-state index contributed by atoms with van der Waals surface area (Å²) in [7, 11) is 0. The second-order valence-corrected chi connectivity index (χ2v) is 4.81. The first-order chi connectivity index (χ1) is 9.70. The van der Waals surface area contributed by atoms with Crippen LogP contribution in [0.2, 0.25) is 0 Å². The van der Waals surface area contributed by atoms with Crippen LogP contribution in [-0.4, -0.2) is 35.5 Å². The molecule has 0 aromatic carbocycles. The van der Waals surface area contributed by atoms with Gasteiger partial charge in [-0.25, -0.2) is 9.37 Å². The summed E-state index contributed by atoms with van der Waals surface area (Å²) in [5.74, 6) is 0.327.